The van der Waals surface area contributed by atoms with Crippen LogP contribution in [0.2, 0.25) is 0 Å². The van der Waals surface area contributed by atoms with E-state index in [1.54, 1.807) is 0 Å². The summed E-state index contributed by atoms with van der Waals surface area (Å²) in [6.45, 7) is 1.06. The van der Waals surface area contributed by atoms with Gasteiger partial charge < -0.3 is 4.57 Å². The molecular formula is C15H17NO. The third-order valence-corrected chi connectivity index (χ3v) is 3.88. The molecule has 2 heteroatoms. The Labute approximate surface area is 101 Å². The maximum atomic E-state index is 11.1. The lowest BCUT2D eigenvalue weighted by Crippen LogP contribution is -2.05. The van der Waals surface area contributed by atoms with Crippen LogP contribution < -0.4 is 0 Å². The number of fused-ring (bicyclic) bond motifs is 1. The van der Waals surface area contributed by atoms with Gasteiger partial charge in [-0.3, -0.25) is 4.79 Å². The number of aromatic nitrogens is 1. The predicted octanol–water partition coefficient (Wildman–Crippen LogP) is 3.64. The number of para-hydroxylation sites is 1. The van der Waals surface area contributed by atoms with Crippen LogP contribution in [0.4, 0.5) is 0 Å². The molecule has 0 atom stereocenters. The summed E-state index contributed by atoms with van der Waals surface area (Å²) >= 11 is 0. The van der Waals surface area contributed by atoms with E-state index in [1.165, 1.54) is 31.2 Å². The Morgan fingerprint density at radius 2 is 2.00 bits per heavy atom. The molecule has 0 unspecified atom stereocenters. The number of rotatable bonds is 3. The van der Waals surface area contributed by atoms with Crippen LogP contribution in [0.25, 0.3) is 10.9 Å². The molecular weight excluding hydrogens is 210 g/mol. The van der Waals surface area contributed by atoms with Gasteiger partial charge in [0.1, 0.15) is 0 Å². The molecule has 1 saturated carbocycles. The molecule has 3 rings (SSSR count). The molecule has 0 N–H and O–H groups in total. The Morgan fingerprint density at radius 1 is 1.24 bits per heavy atom. The summed E-state index contributed by atoms with van der Waals surface area (Å²) in [5.41, 5.74) is 2.01. The van der Waals surface area contributed by atoms with Crippen LogP contribution in [0.5, 0.6) is 0 Å². The monoisotopic (exact) mass is 227 g/mol. The Balaban J connectivity index is 2.00. The predicted molar refractivity (Wildman–Crippen MR) is 69.3 cm³/mol. The second-order valence-electron chi connectivity index (χ2n) is 5.02. The normalized spacial score (nSPS) is 16.7. The average molecular weight is 227 g/mol. The fourth-order valence-corrected chi connectivity index (χ4v) is 2.99. The molecule has 88 valence electrons. The standard InChI is InChI=1S/C15H17NO/c17-11-13-10-16(9-12-5-1-2-6-12)15-8-4-3-7-14(13)15/h3-4,7-8,10-12H,1-2,5-6,9H2. The molecule has 0 amide bonds. The molecule has 0 bridgehead atoms. The second kappa shape index (κ2) is 4.36. The van der Waals surface area contributed by atoms with E-state index in [1.807, 2.05) is 24.4 Å². The Morgan fingerprint density at radius 3 is 2.76 bits per heavy atom. The number of nitrogens with zero attached hydrogens (tertiary/aromatic N) is 1. The molecule has 1 fully saturated rings. The molecule has 2 nitrogen and oxygen atoms in total. The summed E-state index contributed by atoms with van der Waals surface area (Å²) in [5.74, 6) is 0.797. The number of aldehydes is 1. The summed E-state index contributed by atoms with van der Waals surface area (Å²) < 4.78 is 2.26. The molecule has 1 aliphatic rings. The molecule has 1 aliphatic carbocycles. The van der Waals surface area contributed by atoms with Gasteiger partial charge in [0.25, 0.3) is 0 Å². The van der Waals surface area contributed by atoms with Gasteiger partial charge in [0, 0.05) is 29.2 Å². The molecule has 1 aromatic heterocycles. The number of hydrogen-bond donors (Lipinski definition) is 0. The number of hydrogen-bond acceptors (Lipinski definition) is 1. The van der Waals surface area contributed by atoms with Crippen molar-refractivity contribution in [3.05, 3.63) is 36.0 Å². The van der Waals surface area contributed by atoms with Crippen molar-refractivity contribution in [1.82, 2.24) is 4.57 Å². The largest absolute Gasteiger partial charge is 0.346 e. The zero-order valence-corrected chi connectivity index (χ0v) is 9.93. The van der Waals surface area contributed by atoms with Crippen LogP contribution in [0.1, 0.15) is 36.0 Å². The van der Waals surface area contributed by atoms with Gasteiger partial charge in [0.15, 0.2) is 6.29 Å². The fraction of sp³-hybridized carbons (Fsp3) is 0.400. The Hall–Kier alpha value is -1.57. The van der Waals surface area contributed by atoms with Gasteiger partial charge in [-0.1, -0.05) is 31.0 Å². The van der Waals surface area contributed by atoms with Gasteiger partial charge in [0.05, 0.1) is 0 Å². The minimum absolute atomic E-state index is 0.797. The molecule has 0 radical (unpaired) electrons. The van der Waals surface area contributed by atoms with E-state index in [0.717, 1.165) is 29.7 Å². The molecule has 0 saturated heterocycles. The van der Waals surface area contributed by atoms with E-state index in [2.05, 4.69) is 10.6 Å². The van der Waals surface area contributed by atoms with E-state index < -0.39 is 0 Å². The van der Waals surface area contributed by atoms with Crippen molar-refractivity contribution < 1.29 is 4.79 Å². The Kier molecular flexibility index (Phi) is 2.71. The molecule has 1 heterocycles. The molecule has 2 aromatic rings. The van der Waals surface area contributed by atoms with Gasteiger partial charge in [-0.25, -0.2) is 0 Å². The highest BCUT2D eigenvalue weighted by Gasteiger charge is 2.17. The van der Waals surface area contributed by atoms with Crippen LogP contribution in [0.15, 0.2) is 30.5 Å². The lowest BCUT2D eigenvalue weighted by atomic mass is 10.1. The first kappa shape index (κ1) is 10.6. The van der Waals surface area contributed by atoms with Gasteiger partial charge in [-0.2, -0.15) is 0 Å². The van der Waals surface area contributed by atoms with Crippen molar-refractivity contribution in [3.63, 3.8) is 0 Å². The lowest BCUT2D eigenvalue weighted by molar-refractivity contribution is 0.112. The molecule has 0 spiro atoms. The number of carbonyl (C=O) groups is 1. The van der Waals surface area contributed by atoms with Gasteiger partial charge in [-0.05, 0) is 24.8 Å². The maximum Gasteiger partial charge on any atom is 0.152 e. The highest BCUT2D eigenvalue weighted by Crippen LogP contribution is 2.28. The first-order valence-corrected chi connectivity index (χ1v) is 6.41. The smallest absolute Gasteiger partial charge is 0.152 e. The van der Waals surface area contributed by atoms with E-state index in [9.17, 15) is 4.79 Å². The first-order valence-electron chi connectivity index (χ1n) is 6.41. The topological polar surface area (TPSA) is 22.0 Å². The average Bonchev–Trinajstić information content (AvgIpc) is 2.98. The van der Waals surface area contributed by atoms with Crippen molar-refractivity contribution in [1.29, 1.82) is 0 Å². The molecule has 0 aliphatic heterocycles. The minimum Gasteiger partial charge on any atom is -0.346 e. The summed E-state index contributed by atoms with van der Waals surface area (Å²) in [6.07, 6.45) is 8.38. The fourth-order valence-electron chi connectivity index (χ4n) is 2.99. The zero-order valence-electron chi connectivity index (χ0n) is 9.93. The number of carbonyl (C=O) groups excluding carboxylic acids is 1. The van der Waals surface area contributed by atoms with Gasteiger partial charge in [0.2, 0.25) is 0 Å². The molecule has 17 heavy (non-hydrogen) atoms. The Bertz CT molecular complexity index is 535. The third-order valence-electron chi connectivity index (χ3n) is 3.88. The van der Waals surface area contributed by atoms with Crippen LogP contribution >= 0.6 is 0 Å². The minimum atomic E-state index is 0.797. The number of benzene rings is 1. The third kappa shape index (κ3) is 1.88. The van der Waals surface area contributed by atoms with E-state index >= 15 is 0 Å². The highest BCUT2D eigenvalue weighted by molar-refractivity contribution is 5.97. The highest BCUT2D eigenvalue weighted by atomic mass is 16.1. The van der Waals surface area contributed by atoms with Crippen LogP contribution in [0, 0.1) is 5.92 Å². The summed E-state index contributed by atoms with van der Waals surface area (Å²) in [7, 11) is 0. The van der Waals surface area contributed by atoms with Crippen molar-refractivity contribution >= 4 is 17.2 Å². The second-order valence-corrected chi connectivity index (χ2v) is 5.02. The molecule has 1 aromatic carbocycles. The van der Waals surface area contributed by atoms with Crippen LogP contribution in [-0.4, -0.2) is 10.9 Å². The van der Waals surface area contributed by atoms with Gasteiger partial charge in [-0.15, -0.1) is 0 Å². The maximum absolute atomic E-state index is 11.1. The van der Waals surface area contributed by atoms with Crippen molar-refractivity contribution in [2.75, 3.05) is 0 Å². The first-order chi connectivity index (χ1) is 8.38. The summed E-state index contributed by atoms with van der Waals surface area (Å²) in [4.78, 5) is 11.1. The lowest BCUT2D eigenvalue weighted by Gasteiger charge is -2.11. The van der Waals surface area contributed by atoms with Gasteiger partial charge >= 0.3 is 0 Å². The van der Waals surface area contributed by atoms with Crippen molar-refractivity contribution in [3.8, 4) is 0 Å². The van der Waals surface area contributed by atoms with E-state index in [4.69, 9.17) is 0 Å². The SMILES string of the molecule is O=Cc1cn(CC2CCCC2)c2ccccc12. The van der Waals surface area contributed by atoms with Crippen molar-refractivity contribution in [2.45, 2.75) is 32.2 Å². The van der Waals surface area contributed by atoms with Crippen molar-refractivity contribution in [2.24, 2.45) is 5.92 Å². The summed E-state index contributed by atoms with van der Waals surface area (Å²) in [6, 6.07) is 8.18. The van der Waals surface area contributed by atoms with Crippen LogP contribution in [-0.2, 0) is 6.54 Å². The van der Waals surface area contributed by atoms with E-state index in [0.29, 0.717) is 0 Å². The van der Waals surface area contributed by atoms with E-state index in [-0.39, 0.29) is 0 Å². The zero-order chi connectivity index (χ0) is 11.7. The summed E-state index contributed by atoms with van der Waals surface area (Å²) in [5, 5.41) is 1.08. The van der Waals surface area contributed by atoms with Crippen LogP contribution in [0.3, 0.4) is 0 Å². The quantitative estimate of drug-likeness (QED) is 0.734.